The van der Waals surface area contributed by atoms with Crippen LogP contribution in [-0.4, -0.2) is 72.6 Å². The standard InChI is InChI=1S/C22H27N3O5/c1-25(9-7-15-4-2-3-8-23-15)20-21(26)19(18-12-27-22(20)30-18)24-11-14-5-6-16-17(10-14)29-13-28-16/h2-6,8,10,18-22,24,26H,7,9,11-13H2,1H3/t18-,19+,20-,21-,22+/m0/s1. The zero-order valence-electron chi connectivity index (χ0n) is 16.9. The van der Waals surface area contributed by atoms with Crippen molar-refractivity contribution in [3.05, 3.63) is 53.9 Å². The number of aliphatic hydroxyl groups is 1. The largest absolute Gasteiger partial charge is 0.454 e. The summed E-state index contributed by atoms with van der Waals surface area (Å²) in [4.78, 5) is 6.49. The highest BCUT2D eigenvalue weighted by Gasteiger charge is 2.51. The van der Waals surface area contributed by atoms with Gasteiger partial charge >= 0.3 is 0 Å². The Balaban J connectivity index is 1.23. The average molecular weight is 413 g/mol. The lowest BCUT2D eigenvalue weighted by Crippen LogP contribution is -2.63. The molecular formula is C22H27N3O5. The molecule has 0 aliphatic carbocycles. The van der Waals surface area contributed by atoms with Crippen molar-refractivity contribution in [3.63, 3.8) is 0 Å². The molecule has 0 radical (unpaired) electrons. The molecule has 2 bridgehead atoms. The molecule has 8 nitrogen and oxygen atoms in total. The highest BCUT2D eigenvalue weighted by atomic mass is 16.7. The summed E-state index contributed by atoms with van der Waals surface area (Å²) in [6.45, 7) is 2.08. The number of benzene rings is 1. The van der Waals surface area contributed by atoms with Crippen LogP contribution >= 0.6 is 0 Å². The Morgan fingerprint density at radius 1 is 1.20 bits per heavy atom. The first kappa shape index (κ1) is 19.7. The van der Waals surface area contributed by atoms with Crippen LogP contribution < -0.4 is 14.8 Å². The summed E-state index contributed by atoms with van der Waals surface area (Å²) in [6, 6.07) is 11.3. The van der Waals surface area contributed by atoms with Gasteiger partial charge in [0.1, 0.15) is 6.10 Å². The molecule has 4 heterocycles. The first-order chi connectivity index (χ1) is 14.7. The Labute approximate surface area is 175 Å². The van der Waals surface area contributed by atoms with Crippen LogP contribution in [0.1, 0.15) is 11.3 Å². The summed E-state index contributed by atoms with van der Waals surface area (Å²) in [5.41, 5.74) is 2.09. The molecular weight excluding hydrogens is 386 g/mol. The van der Waals surface area contributed by atoms with Crippen molar-refractivity contribution in [2.45, 2.75) is 43.5 Å². The van der Waals surface area contributed by atoms with Gasteiger partial charge in [0, 0.05) is 31.4 Å². The Kier molecular flexibility index (Phi) is 5.58. The predicted molar refractivity (Wildman–Crippen MR) is 108 cm³/mol. The number of nitrogens with zero attached hydrogens (tertiary/aromatic N) is 2. The second kappa shape index (κ2) is 8.49. The second-order valence-corrected chi connectivity index (χ2v) is 8.00. The van der Waals surface area contributed by atoms with E-state index in [0.717, 1.165) is 35.7 Å². The number of hydrogen-bond acceptors (Lipinski definition) is 8. The topological polar surface area (TPSA) is 85.3 Å². The molecule has 160 valence electrons. The number of likely N-dealkylation sites (N-methyl/N-ethyl adjacent to an activating group) is 1. The van der Waals surface area contributed by atoms with Crippen molar-refractivity contribution < 1.29 is 24.1 Å². The minimum Gasteiger partial charge on any atom is -0.454 e. The van der Waals surface area contributed by atoms with E-state index in [4.69, 9.17) is 18.9 Å². The number of hydrogen-bond donors (Lipinski definition) is 2. The van der Waals surface area contributed by atoms with Crippen molar-refractivity contribution in [2.24, 2.45) is 0 Å². The second-order valence-electron chi connectivity index (χ2n) is 8.00. The quantitative estimate of drug-likeness (QED) is 0.694. The first-order valence-electron chi connectivity index (χ1n) is 10.4. The molecule has 0 spiro atoms. The Bertz CT molecular complexity index is 867. The van der Waals surface area contributed by atoms with Gasteiger partial charge in [0.15, 0.2) is 17.8 Å². The Morgan fingerprint density at radius 2 is 2.10 bits per heavy atom. The van der Waals surface area contributed by atoms with Crippen LogP contribution in [0.5, 0.6) is 11.5 Å². The molecule has 3 aliphatic rings. The normalized spacial score (nSPS) is 29.5. The smallest absolute Gasteiger partial charge is 0.231 e. The van der Waals surface area contributed by atoms with Crippen molar-refractivity contribution in [3.8, 4) is 11.5 Å². The first-order valence-corrected chi connectivity index (χ1v) is 10.4. The van der Waals surface area contributed by atoms with Gasteiger partial charge in [0.2, 0.25) is 6.79 Å². The van der Waals surface area contributed by atoms with Gasteiger partial charge in [-0.2, -0.15) is 0 Å². The Morgan fingerprint density at radius 3 is 2.97 bits per heavy atom. The molecule has 3 aliphatic heterocycles. The van der Waals surface area contributed by atoms with Crippen LogP contribution in [0.2, 0.25) is 0 Å². The molecule has 5 atom stereocenters. The van der Waals surface area contributed by atoms with Crippen molar-refractivity contribution in [2.75, 3.05) is 27.0 Å². The summed E-state index contributed by atoms with van der Waals surface area (Å²) in [5, 5.41) is 14.7. The van der Waals surface area contributed by atoms with E-state index in [1.807, 2.05) is 43.4 Å². The van der Waals surface area contributed by atoms with Gasteiger partial charge in [0.25, 0.3) is 0 Å². The summed E-state index contributed by atoms with van der Waals surface area (Å²) < 4.78 is 22.8. The summed E-state index contributed by atoms with van der Waals surface area (Å²) in [6.07, 6.45) is 1.40. The lowest BCUT2D eigenvalue weighted by molar-refractivity contribution is -0.178. The van der Waals surface area contributed by atoms with E-state index < -0.39 is 12.4 Å². The molecule has 5 rings (SSSR count). The van der Waals surface area contributed by atoms with Gasteiger partial charge in [0.05, 0.1) is 24.8 Å². The molecule has 30 heavy (non-hydrogen) atoms. The van der Waals surface area contributed by atoms with Crippen LogP contribution in [0, 0.1) is 0 Å². The minimum absolute atomic E-state index is 0.167. The van der Waals surface area contributed by atoms with Crippen molar-refractivity contribution in [1.29, 1.82) is 0 Å². The van der Waals surface area contributed by atoms with E-state index in [9.17, 15) is 5.11 Å². The van der Waals surface area contributed by atoms with Gasteiger partial charge < -0.3 is 29.4 Å². The van der Waals surface area contributed by atoms with Crippen LogP contribution in [0.25, 0.3) is 0 Å². The van der Waals surface area contributed by atoms with Crippen molar-refractivity contribution >= 4 is 0 Å². The monoisotopic (exact) mass is 413 g/mol. The minimum atomic E-state index is -0.612. The van der Waals surface area contributed by atoms with E-state index in [1.54, 1.807) is 6.20 Å². The maximum atomic E-state index is 11.2. The lowest BCUT2D eigenvalue weighted by atomic mass is 9.94. The van der Waals surface area contributed by atoms with E-state index in [1.165, 1.54) is 0 Å². The summed E-state index contributed by atoms with van der Waals surface area (Å²) in [7, 11) is 2.00. The maximum Gasteiger partial charge on any atom is 0.231 e. The highest BCUT2D eigenvalue weighted by Crippen LogP contribution is 2.33. The number of pyridine rings is 1. The number of fused-ring (bicyclic) bond motifs is 3. The summed E-state index contributed by atoms with van der Waals surface area (Å²) in [5.74, 6) is 1.52. The SMILES string of the molecule is CN(CCc1ccccn1)[C@@H]1[C@@H]2OC[C@H](O2)[C@@H](NCc2ccc3c(c2)OCO3)[C@@H]1O. The molecule has 8 heteroatoms. The van der Waals surface area contributed by atoms with Gasteiger partial charge in [-0.3, -0.25) is 9.88 Å². The number of ether oxygens (including phenoxy) is 4. The van der Waals surface area contributed by atoms with Gasteiger partial charge in [-0.1, -0.05) is 12.1 Å². The average Bonchev–Trinajstić information content (AvgIpc) is 3.40. The number of rotatable bonds is 7. The van der Waals surface area contributed by atoms with E-state index in [2.05, 4.69) is 15.2 Å². The molecule has 0 amide bonds. The number of aromatic nitrogens is 1. The molecule has 2 saturated heterocycles. The Hall–Kier alpha value is -2.23. The van der Waals surface area contributed by atoms with Gasteiger partial charge in [-0.05, 0) is 36.9 Å². The molecule has 2 fully saturated rings. The van der Waals surface area contributed by atoms with Crippen molar-refractivity contribution in [1.82, 2.24) is 15.2 Å². The van der Waals surface area contributed by atoms with E-state index in [-0.39, 0.29) is 25.0 Å². The number of aliphatic hydroxyl groups excluding tert-OH is 1. The number of nitrogens with one attached hydrogen (secondary N) is 1. The van der Waals surface area contributed by atoms with Crippen LogP contribution in [-0.2, 0) is 22.4 Å². The van der Waals surface area contributed by atoms with Crippen LogP contribution in [0.4, 0.5) is 0 Å². The zero-order chi connectivity index (χ0) is 20.5. The van der Waals surface area contributed by atoms with Crippen LogP contribution in [0.3, 0.4) is 0 Å². The van der Waals surface area contributed by atoms with E-state index >= 15 is 0 Å². The third-order valence-electron chi connectivity index (χ3n) is 6.07. The fraction of sp³-hybridized carbons (Fsp3) is 0.500. The highest BCUT2D eigenvalue weighted by molar-refractivity contribution is 5.44. The molecule has 1 aromatic carbocycles. The summed E-state index contributed by atoms with van der Waals surface area (Å²) >= 11 is 0. The third kappa shape index (κ3) is 3.89. The molecule has 0 unspecified atom stereocenters. The predicted octanol–water partition coefficient (Wildman–Crippen LogP) is 0.928. The van der Waals surface area contributed by atoms with E-state index in [0.29, 0.717) is 13.2 Å². The molecule has 0 saturated carbocycles. The van der Waals surface area contributed by atoms with Gasteiger partial charge in [-0.25, -0.2) is 0 Å². The third-order valence-corrected chi connectivity index (χ3v) is 6.07. The van der Waals surface area contributed by atoms with Crippen LogP contribution in [0.15, 0.2) is 42.6 Å². The maximum absolute atomic E-state index is 11.2. The zero-order valence-corrected chi connectivity index (χ0v) is 16.9. The van der Waals surface area contributed by atoms with Gasteiger partial charge in [-0.15, -0.1) is 0 Å². The fourth-order valence-corrected chi connectivity index (χ4v) is 4.39. The fourth-order valence-electron chi connectivity index (χ4n) is 4.39. The molecule has 1 aromatic heterocycles. The lowest BCUT2D eigenvalue weighted by Gasteiger charge is -2.42. The molecule has 2 aromatic rings. The molecule has 2 N–H and O–H groups in total.